The molecule has 0 nitrogen and oxygen atoms in total. The van der Waals surface area contributed by atoms with Crippen LogP contribution in [0.25, 0.3) is 0 Å². The monoisotopic (exact) mass is 180 g/mol. The van der Waals surface area contributed by atoms with Gasteiger partial charge in [0.2, 0.25) is 0 Å². The van der Waals surface area contributed by atoms with E-state index in [-0.39, 0.29) is 0 Å². The van der Waals surface area contributed by atoms with Crippen molar-refractivity contribution in [1.29, 1.82) is 0 Å². The molecule has 6 heteroatoms. The molecular weight excluding hydrogens is 179 g/mol. The molecule has 0 aliphatic carbocycles. The molecule has 6 heavy (non-hydrogen) atoms. The van der Waals surface area contributed by atoms with Gasteiger partial charge in [0, 0.05) is 48.6 Å². The summed E-state index contributed by atoms with van der Waals surface area (Å²) in [5.41, 5.74) is 0. The van der Waals surface area contributed by atoms with Gasteiger partial charge < -0.3 is 0 Å². The maximum Gasteiger partial charge on any atom is 0.0179 e. The van der Waals surface area contributed by atoms with E-state index >= 15 is 0 Å². The first kappa shape index (κ1) is 5.81. The highest BCUT2D eigenvalue weighted by molar-refractivity contribution is 9.62. The van der Waals surface area contributed by atoms with Crippen molar-refractivity contribution in [2.24, 2.45) is 0 Å². The van der Waals surface area contributed by atoms with E-state index in [0.29, 0.717) is 0 Å². The molecule has 0 amide bonds. The van der Waals surface area contributed by atoms with Crippen LogP contribution < -0.4 is 0 Å². The van der Waals surface area contributed by atoms with Gasteiger partial charge in [-0.05, 0) is 0 Å². The smallest absolute Gasteiger partial charge is 0.0179 e. The summed E-state index contributed by atoms with van der Waals surface area (Å²) in [5.74, 6) is 0. The Morgan fingerprint density at radius 3 is 1.83 bits per heavy atom. The van der Waals surface area contributed by atoms with Gasteiger partial charge >= 0.3 is 0 Å². The number of hydrogen-bond acceptors (Lipinski definition) is 4. The fourth-order valence-electron chi connectivity index (χ4n) is 0.0851. The standard InChI is InChI=1S/FHS5/c1-6-4-2-3-5-6/h6H. The zero-order valence-electron chi connectivity index (χ0n) is 2.46. The van der Waals surface area contributed by atoms with Crippen LogP contribution in [0.3, 0.4) is 0 Å². The second-order valence-electron chi connectivity index (χ2n) is 0.498. The Labute approximate surface area is 52.4 Å². The lowest BCUT2D eigenvalue weighted by Gasteiger charge is -1.87. The average molecular weight is 180 g/mol. The van der Waals surface area contributed by atoms with Crippen LogP contribution in [-0.2, 0) is 0 Å². The van der Waals surface area contributed by atoms with Crippen molar-refractivity contribution >= 4 is 48.6 Å². The lowest BCUT2D eigenvalue weighted by atomic mass is 18.9. The zero-order valence-corrected chi connectivity index (χ0v) is 6.62. The van der Waals surface area contributed by atoms with Crippen LogP contribution in [0, 0.1) is 0 Å². The summed E-state index contributed by atoms with van der Waals surface area (Å²) in [6.45, 7) is 0. The van der Waals surface area contributed by atoms with Crippen LogP contribution in [0.5, 0.6) is 0 Å². The fourth-order valence-corrected chi connectivity index (χ4v) is 17.0. The van der Waals surface area contributed by atoms with E-state index in [1.165, 1.54) is 39.3 Å². The average Bonchev–Trinajstić information content (AvgIpc) is 1.86. The molecule has 0 aromatic heterocycles. The van der Waals surface area contributed by atoms with Crippen LogP contribution in [0.4, 0.5) is 3.89 Å². The van der Waals surface area contributed by atoms with Gasteiger partial charge in [-0.25, -0.2) is 0 Å². The predicted octanol–water partition coefficient (Wildman–Crippen LogP) is 3.39. The van der Waals surface area contributed by atoms with E-state index in [4.69, 9.17) is 0 Å². The third kappa shape index (κ3) is 1.65. The Morgan fingerprint density at radius 1 is 1.17 bits per heavy atom. The van der Waals surface area contributed by atoms with Crippen molar-refractivity contribution in [3.05, 3.63) is 0 Å². The fraction of sp³-hybridized carbons (Fsp3) is 0. The van der Waals surface area contributed by atoms with Crippen molar-refractivity contribution in [3.8, 4) is 0 Å². The largest absolute Gasteiger partial charge is 0.170 e. The first-order chi connectivity index (χ1) is 2.89. The summed E-state index contributed by atoms with van der Waals surface area (Å²) in [6.07, 6.45) is 0. The molecule has 0 N–H and O–H groups in total. The molecule has 0 bridgehead atoms. The number of thiol groups is 1. The van der Waals surface area contributed by atoms with E-state index in [0.717, 1.165) is 0 Å². The maximum absolute atomic E-state index is 11.9. The minimum Gasteiger partial charge on any atom is -0.170 e. The van der Waals surface area contributed by atoms with Crippen molar-refractivity contribution in [3.63, 3.8) is 0 Å². The van der Waals surface area contributed by atoms with E-state index in [1.807, 2.05) is 0 Å². The second kappa shape index (κ2) is 2.86. The molecule has 1 rings (SSSR count). The SMILES string of the molecule is F[SH]1SSSS1. The molecule has 1 saturated heterocycles. The van der Waals surface area contributed by atoms with Crippen LogP contribution >= 0.6 is 48.6 Å². The molecule has 0 spiro atoms. The molecule has 0 radical (unpaired) electrons. The summed E-state index contributed by atoms with van der Waals surface area (Å²) in [7, 11) is 4.53. The number of rotatable bonds is 0. The number of hydrogen-bond donors (Lipinski definition) is 1. The third-order valence-corrected chi connectivity index (χ3v) is 13.6. The Hall–Kier alpha value is 1.68. The Bertz CT molecular complexity index is 37.2. The van der Waals surface area contributed by atoms with Gasteiger partial charge in [0.25, 0.3) is 0 Å². The van der Waals surface area contributed by atoms with Gasteiger partial charge in [-0.2, -0.15) is 3.89 Å². The van der Waals surface area contributed by atoms with E-state index < -0.39 is 9.34 Å². The molecule has 1 heterocycles. The van der Waals surface area contributed by atoms with Crippen molar-refractivity contribution in [1.82, 2.24) is 0 Å². The zero-order chi connectivity index (χ0) is 4.41. The first-order valence-electron chi connectivity index (χ1n) is 1.03. The highest BCUT2D eigenvalue weighted by Crippen LogP contribution is 2.75. The summed E-state index contributed by atoms with van der Waals surface area (Å²) in [4.78, 5) is 0. The van der Waals surface area contributed by atoms with Gasteiger partial charge in [-0.3, -0.25) is 0 Å². The van der Waals surface area contributed by atoms with Crippen molar-refractivity contribution < 1.29 is 3.89 Å². The molecule has 0 unspecified atom stereocenters. The summed E-state index contributed by atoms with van der Waals surface area (Å²) in [5, 5.41) is 0. The topological polar surface area (TPSA) is 0 Å². The molecule has 1 fully saturated rings. The van der Waals surface area contributed by atoms with Crippen LogP contribution in [0.1, 0.15) is 0 Å². The maximum atomic E-state index is 11.9. The number of halogens is 1. The first-order valence-corrected chi connectivity index (χ1v) is 8.29. The normalized spacial score (nSPS) is 28.5. The van der Waals surface area contributed by atoms with E-state index in [2.05, 4.69) is 0 Å². The summed E-state index contributed by atoms with van der Waals surface area (Å²) >= 11 is 0. The predicted molar refractivity (Wildman–Crippen MR) is 40.5 cm³/mol. The minimum atomic E-state index is -1.21. The quantitative estimate of drug-likeness (QED) is 0.448. The van der Waals surface area contributed by atoms with Gasteiger partial charge in [-0.15, -0.1) is 0 Å². The van der Waals surface area contributed by atoms with Crippen molar-refractivity contribution in [2.45, 2.75) is 0 Å². The van der Waals surface area contributed by atoms with Crippen molar-refractivity contribution in [2.75, 3.05) is 0 Å². The van der Waals surface area contributed by atoms with Gasteiger partial charge in [0.1, 0.15) is 0 Å². The Kier molecular flexibility index (Phi) is 2.77. The summed E-state index contributed by atoms with van der Waals surface area (Å²) in [6, 6.07) is 0. The van der Waals surface area contributed by atoms with Crippen LogP contribution in [0.2, 0.25) is 0 Å². The Balaban J connectivity index is 2.18. The van der Waals surface area contributed by atoms with Gasteiger partial charge in [-0.1, -0.05) is 0 Å². The second-order valence-corrected chi connectivity index (χ2v) is 11.0. The molecular formula is HFS5. The highest BCUT2D eigenvalue weighted by Gasteiger charge is 2.11. The minimum absolute atomic E-state index is 1.21. The lowest BCUT2D eigenvalue weighted by molar-refractivity contribution is 0.950. The molecule has 0 saturated carbocycles. The molecule has 0 atom stereocenters. The molecule has 1 aliphatic rings. The Morgan fingerprint density at radius 2 is 1.67 bits per heavy atom. The third-order valence-electron chi connectivity index (χ3n) is 0.206. The van der Waals surface area contributed by atoms with E-state index in [1.54, 1.807) is 0 Å². The molecule has 38 valence electrons. The molecule has 0 aromatic rings. The highest BCUT2D eigenvalue weighted by atomic mass is 34.1. The van der Waals surface area contributed by atoms with Gasteiger partial charge in [0.05, 0.1) is 0 Å². The van der Waals surface area contributed by atoms with Crippen LogP contribution in [0.15, 0.2) is 0 Å². The lowest BCUT2D eigenvalue weighted by Crippen LogP contribution is -1.24. The van der Waals surface area contributed by atoms with E-state index in [9.17, 15) is 3.89 Å². The molecule has 0 aromatic carbocycles. The van der Waals surface area contributed by atoms with Crippen LogP contribution in [-0.4, -0.2) is 0 Å². The van der Waals surface area contributed by atoms with Gasteiger partial charge in [0.15, 0.2) is 0 Å². The summed E-state index contributed by atoms with van der Waals surface area (Å²) < 4.78 is 11.9. The molecule has 1 aliphatic heterocycles.